The highest BCUT2D eigenvalue weighted by Gasteiger charge is 2.12. The fourth-order valence-electron chi connectivity index (χ4n) is 2.79. The summed E-state index contributed by atoms with van der Waals surface area (Å²) in [5, 5.41) is 3.92. The van der Waals surface area contributed by atoms with Gasteiger partial charge in [-0.05, 0) is 31.2 Å². The zero-order valence-electron chi connectivity index (χ0n) is 16.1. The van der Waals surface area contributed by atoms with Crippen LogP contribution in [0.5, 0.6) is 17.4 Å². The minimum Gasteiger partial charge on any atom is -0.496 e. The molecule has 2 aromatic carbocycles. The van der Waals surface area contributed by atoms with Gasteiger partial charge in [-0.25, -0.2) is 9.97 Å². The molecule has 2 heterocycles. The number of hydrogen-bond donors (Lipinski definition) is 2. The zero-order chi connectivity index (χ0) is 21.1. The fourth-order valence-corrected chi connectivity index (χ4v) is 3.26. The Kier molecular flexibility index (Phi) is 5.74. The molecule has 30 heavy (non-hydrogen) atoms. The number of ether oxygens (including phenoxy) is 2. The van der Waals surface area contributed by atoms with Crippen LogP contribution >= 0.6 is 23.2 Å². The molecule has 0 atom stereocenters. The molecule has 4 aromatic rings. The van der Waals surface area contributed by atoms with Crippen molar-refractivity contribution in [1.82, 2.24) is 19.9 Å². The van der Waals surface area contributed by atoms with Crippen LogP contribution in [0.3, 0.4) is 0 Å². The van der Waals surface area contributed by atoms with Crippen molar-refractivity contribution in [3.8, 4) is 28.8 Å². The van der Waals surface area contributed by atoms with E-state index in [2.05, 4.69) is 25.3 Å². The average molecular weight is 442 g/mol. The van der Waals surface area contributed by atoms with Crippen molar-refractivity contribution >= 4 is 34.8 Å². The number of para-hydroxylation sites is 1. The summed E-state index contributed by atoms with van der Waals surface area (Å²) >= 11 is 12.3. The number of anilines is 2. The standard InChI is InChI=1S/C21H17Cl2N5O2/c1-12-11-25-20(26-12)14-7-6-13(10-17(14)29-2)27-21-24-9-8-18(28-21)30-19-15(22)4-3-5-16(19)23/h3-11H,1-2H3,(H,25,26)(H,24,27,28). The molecule has 2 N–H and O–H groups in total. The first-order valence-corrected chi connectivity index (χ1v) is 9.71. The van der Waals surface area contributed by atoms with Crippen molar-refractivity contribution in [3.63, 3.8) is 0 Å². The van der Waals surface area contributed by atoms with Gasteiger partial charge >= 0.3 is 0 Å². The van der Waals surface area contributed by atoms with E-state index in [4.69, 9.17) is 32.7 Å². The van der Waals surface area contributed by atoms with Gasteiger partial charge in [0, 0.05) is 30.2 Å². The van der Waals surface area contributed by atoms with Crippen LogP contribution in [-0.4, -0.2) is 27.0 Å². The summed E-state index contributed by atoms with van der Waals surface area (Å²) in [5.74, 6) is 2.38. The first-order valence-electron chi connectivity index (χ1n) is 8.96. The molecule has 0 saturated heterocycles. The van der Waals surface area contributed by atoms with Gasteiger partial charge in [-0.1, -0.05) is 29.3 Å². The molecule has 7 nitrogen and oxygen atoms in total. The van der Waals surface area contributed by atoms with E-state index in [0.717, 1.165) is 22.8 Å². The Balaban J connectivity index is 1.57. The molecule has 0 amide bonds. The molecule has 0 saturated carbocycles. The molecular formula is C21H17Cl2N5O2. The van der Waals surface area contributed by atoms with E-state index in [1.807, 2.05) is 31.3 Å². The van der Waals surface area contributed by atoms with E-state index < -0.39 is 0 Å². The maximum absolute atomic E-state index is 6.16. The number of imidazole rings is 1. The molecule has 0 unspecified atom stereocenters. The molecule has 0 bridgehead atoms. The van der Waals surface area contributed by atoms with Crippen molar-refractivity contribution in [2.45, 2.75) is 6.92 Å². The van der Waals surface area contributed by atoms with Crippen molar-refractivity contribution in [2.24, 2.45) is 0 Å². The third-order valence-electron chi connectivity index (χ3n) is 4.17. The van der Waals surface area contributed by atoms with Crippen LogP contribution in [0, 0.1) is 6.92 Å². The summed E-state index contributed by atoms with van der Waals surface area (Å²) in [5.41, 5.74) is 2.49. The third kappa shape index (κ3) is 4.32. The quantitative estimate of drug-likeness (QED) is 0.380. The first kappa shape index (κ1) is 20.0. The molecule has 0 fully saturated rings. The van der Waals surface area contributed by atoms with Crippen molar-refractivity contribution < 1.29 is 9.47 Å². The third-order valence-corrected chi connectivity index (χ3v) is 4.77. The number of nitrogens with one attached hydrogen (secondary N) is 2. The summed E-state index contributed by atoms with van der Waals surface area (Å²) < 4.78 is 11.3. The summed E-state index contributed by atoms with van der Waals surface area (Å²) in [6, 6.07) is 12.4. The molecular weight excluding hydrogens is 425 g/mol. The van der Waals surface area contributed by atoms with Gasteiger partial charge in [0.1, 0.15) is 11.6 Å². The monoisotopic (exact) mass is 441 g/mol. The maximum atomic E-state index is 6.16. The smallest absolute Gasteiger partial charge is 0.230 e. The van der Waals surface area contributed by atoms with E-state index in [1.165, 1.54) is 0 Å². The summed E-state index contributed by atoms with van der Waals surface area (Å²) in [7, 11) is 1.61. The molecule has 0 aliphatic rings. The maximum Gasteiger partial charge on any atom is 0.230 e. The molecule has 152 valence electrons. The minimum absolute atomic E-state index is 0.303. The summed E-state index contributed by atoms with van der Waals surface area (Å²) in [6.07, 6.45) is 3.41. The van der Waals surface area contributed by atoms with Gasteiger partial charge in [0.05, 0.1) is 28.4 Å². The number of H-pyrrole nitrogens is 1. The number of rotatable bonds is 6. The van der Waals surface area contributed by atoms with E-state index in [1.54, 1.807) is 37.6 Å². The Morgan fingerprint density at radius 3 is 2.53 bits per heavy atom. The minimum atomic E-state index is 0.303. The van der Waals surface area contributed by atoms with Gasteiger partial charge in [-0.3, -0.25) is 0 Å². The van der Waals surface area contributed by atoms with Gasteiger partial charge < -0.3 is 19.8 Å². The molecule has 4 rings (SSSR count). The highest BCUT2D eigenvalue weighted by molar-refractivity contribution is 6.37. The van der Waals surface area contributed by atoms with Crippen molar-refractivity contribution in [1.29, 1.82) is 0 Å². The van der Waals surface area contributed by atoms with Crippen molar-refractivity contribution in [3.05, 3.63) is 70.6 Å². The van der Waals surface area contributed by atoms with Crippen molar-refractivity contribution in [2.75, 3.05) is 12.4 Å². The number of aromatic nitrogens is 4. The summed E-state index contributed by atoms with van der Waals surface area (Å²) in [6.45, 7) is 1.92. The number of nitrogens with zero attached hydrogens (tertiary/aromatic N) is 3. The molecule has 0 radical (unpaired) electrons. The second-order valence-corrected chi connectivity index (χ2v) is 7.12. The van der Waals surface area contributed by atoms with E-state index in [-0.39, 0.29) is 0 Å². The number of hydrogen-bond acceptors (Lipinski definition) is 6. The topological polar surface area (TPSA) is 84.9 Å². The lowest BCUT2D eigenvalue weighted by Gasteiger charge is -2.12. The predicted octanol–water partition coefficient (Wildman–Crippen LogP) is 6.03. The predicted molar refractivity (Wildman–Crippen MR) is 117 cm³/mol. The lowest BCUT2D eigenvalue weighted by Crippen LogP contribution is -1.99. The Morgan fingerprint density at radius 2 is 1.83 bits per heavy atom. The SMILES string of the molecule is COc1cc(Nc2nccc(Oc3c(Cl)cccc3Cl)n2)ccc1-c1nc(C)c[nH]1. The number of aryl methyl sites for hydroxylation is 1. The Labute approximate surface area is 183 Å². The van der Waals surface area contributed by atoms with Gasteiger partial charge in [0.2, 0.25) is 11.8 Å². The van der Waals surface area contributed by atoms with Crippen LogP contribution in [0.2, 0.25) is 10.0 Å². The molecule has 2 aromatic heterocycles. The second kappa shape index (κ2) is 8.61. The molecule has 0 spiro atoms. The highest BCUT2D eigenvalue weighted by atomic mass is 35.5. The van der Waals surface area contributed by atoms with Crippen LogP contribution in [-0.2, 0) is 0 Å². The van der Waals surface area contributed by atoms with E-state index >= 15 is 0 Å². The van der Waals surface area contributed by atoms with Crippen LogP contribution in [0.4, 0.5) is 11.6 Å². The van der Waals surface area contributed by atoms with Gasteiger partial charge in [0.25, 0.3) is 0 Å². The molecule has 9 heteroatoms. The van der Waals surface area contributed by atoms with Gasteiger partial charge in [-0.15, -0.1) is 0 Å². The number of benzene rings is 2. The lowest BCUT2D eigenvalue weighted by molar-refractivity contribution is 0.416. The average Bonchev–Trinajstić information content (AvgIpc) is 3.17. The first-order chi connectivity index (χ1) is 14.5. The second-order valence-electron chi connectivity index (χ2n) is 6.30. The highest BCUT2D eigenvalue weighted by Crippen LogP contribution is 2.36. The largest absolute Gasteiger partial charge is 0.496 e. The number of aromatic amines is 1. The van der Waals surface area contributed by atoms with Gasteiger partial charge in [-0.2, -0.15) is 4.98 Å². The van der Waals surface area contributed by atoms with Crippen LogP contribution in [0.1, 0.15) is 5.69 Å². The van der Waals surface area contributed by atoms with Gasteiger partial charge in [0.15, 0.2) is 5.75 Å². The lowest BCUT2D eigenvalue weighted by atomic mass is 10.1. The molecule has 0 aliphatic carbocycles. The number of halogens is 2. The van der Waals surface area contributed by atoms with Crippen LogP contribution < -0.4 is 14.8 Å². The van der Waals surface area contributed by atoms with Crippen LogP contribution in [0.15, 0.2) is 54.9 Å². The Bertz CT molecular complexity index is 1180. The zero-order valence-corrected chi connectivity index (χ0v) is 17.6. The molecule has 0 aliphatic heterocycles. The van der Waals surface area contributed by atoms with Crippen LogP contribution in [0.25, 0.3) is 11.4 Å². The normalized spacial score (nSPS) is 10.7. The fraction of sp³-hybridized carbons (Fsp3) is 0.0952. The van der Waals surface area contributed by atoms with E-state index in [0.29, 0.717) is 33.4 Å². The van der Waals surface area contributed by atoms with E-state index in [9.17, 15) is 0 Å². The Morgan fingerprint density at radius 1 is 1.03 bits per heavy atom. The number of methoxy groups -OCH3 is 1. The summed E-state index contributed by atoms with van der Waals surface area (Å²) in [4.78, 5) is 16.2. The Hall–Kier alpha value is -3.29.